The van der Waals surface area contributed by atoms with E-state index in [1.165, 1.54) is 0 Å². The second-order valence-electron chi connectivity index (χ2n) is 5.94. The molecule has 126 valence electrons. The molecule has 3 aromatic rings. The van der Waals surface area contributed by atoms with E-state index in [9.17, 15) is 0 Å². The minimum Gasteiger partial charge on any atom is -0.485 e. The van der Waals surface area contributed by atoms with Crippen LogP contribution in [0, 0.1) is 6.57 Å². The van der Waals surface area contributed by atoms with Gasteiger partial charge in [-0.2, -0.15) is 6.57 Å². The lowest BCUT2D eigenvalue weighted by Gasteiger charge is -2.26. The maximum atomic E-state index is 7.15. The first-order valence-corrected chi connectivity index (χ1v) is 8.36. The highest BCUT2D eigenvalue weighted by atomic mass is 16.5. The Kier molecular flexibility index (Phi) is 4.36. The van der Waals surface area contributed by atoms with Crippen molar-refractivity contribution in [2.45, 2.75) is 12.5 Å². The zero-order valence-electron chi connectivity index (χ0n) is 14.0. The average molecular weight is 340 g/mol. The summed E-state index contributed by atoms with van der Waals surface area (Å²) in [5.74, 6) is 2.16. The fourth-order valence-corrected chi connectivity index (χ4v) is 3.01. The number of fused-ring (bicyclic) bond motifs is 1. The number of ether oxygens (including phenoxy) is 2. The maximum Gasteiger partial charge on any atom is 0.138 e. The molecule has 4 nitrogen and oxygen atoms in total. The Morgan fingerprint density at radius 3 is 2.38 bits per heavy atom. The van der Waals surface area contributed by atoms with Crippen molar-refractivity contribution in [3.8, 4) is 17.2 Å². The summed E-state index contributed by atoms with van der Waals surface area (Å²) in [7, 11) is 0. The summed E-state index contributed by atoms with van der Waals surface area (Å²) < 4.78 is 12.1. The molecule has 0 aromatic heterocycles. The van der Waals surface area contributed by atoms with Crippen LogP contribution in [0.4, 0.5) is 0 Å². The summed E-state index contributed by atoms with van der Waals surface area (Å²) in [5, 5.41) is 4.02. The Morgan fingerprint density at radius 1 is 0.923 bits per heavy atom. The van der Waals surface area contributed by atoms with Gasteiger partial charge in [-0.15, -0.1) is 4.95 Å². The van der Waals surface area contributed by atoms with Crippen LogP contribution in [0.25, 0.3) is 4.95 Å². The van der Waals surface area contributed by atoms with Gasteiger partial charge in [-0.3, -0.25) is 0 Å². The van der Waals surface area contributed by atoms with Crippen LogP contribution in [0.5, 0.6) is 17.2 Å². The van der Waals surface area contributed by atoms with Crippen molar-refractivity contribution >= 4 is 5.71 Å². The Labute approximate surface area is 152 Å². The molecule has 0 spiro atoms. The van der Waals surface area contributed by atoms with Gasteiger partial charge in [0, 0.05) is 12.0 Å². The van der Waals surface area contributed by atoms with Crippen LogP contribution in [-0.4, -0.2) is 5.71 Å². The van der Waals surface area contributed by atoms with Gasteiger partial charge in [0.1, 0.15) is 29.1 Å². The van der Waals surface area contributed by atoms with E-state index in [1.54, 1.807) is 0 Å². The fourth-order valence-electron chi connectivity index (χ4n) is 3.01. The molecule has 0 saturated carbocycles. The number of benzene rings is 3. The van der Waals surface area contributed by atoms with Crippen LogP contribution in [-0.2, 0) is 0 Å². The predicted molar refractivity (Wildman–Crippen MR) is 101 cm³/mol. The predicted octanol–water partition coefficient (Wildman–Crippen LogP) is 5.63. The summed E-state index contributed by atoms with van der Waals surface area (Å²) >= 11 is 0. The lowest BCUT2D eigenvalue weighted by molar-refractivity contribution is 0.206. The van der Waals surface area contributed by atoms with Crippen molar-refractivity contribution in [2.24, 2.45) is 5.10 Å². The third-order valence-corrected chi connectivity index (χ3v) is 4.23. The molecule has 1 atom stereocenters. The van der Waals surface area contributed by atoms with E-state index in [0.29, 0.717) is 23.6 Å². The Bertz CT molecular complexity index is 976. The molecule has 0 amide bonds. The standard InChI is InChI=1S/C22H16N2O2/c1-23-24-20-15-22(16-8-4-2-5-9-16)26-21-13-12-18(14-19(20)21)25-17-10-6-3-7-11-17/h2-14,22H,15H2. The second-order valence-corrected chi connectivity index (χ2v) is 5.94. The topological polar surface area (TPSA) is 35.2 Å². The summed E-state index contributed by atoms with van der Waals surface area (Å²) in [4.78, 5) is 3.24. The molecule has 0 fully saturated rings. The molecule has 0 saturated heterocycles. The van der Waals surface area contributed by atoms with Crippen LogP contribution >= 0.6 is 0 Å². The summed E-state index contributed by atoms with van der Waals surface area (Å²) in [5.41, 5.74) is 2.59. The zero-order chi connectivity index (χ0) is 17.8. The van der Waals surface area contributed by atoms with Crippen LogP contribution in [0.15, 0.2) is 84.0 Å². The minimum absolute atomic E-state index is 0.148. The van der Waals surface area contributed by atoms with Crippen molar-refractivity contribution < 1.29 is 9.47 Å². The number of hydrogen-bond donors (Lipinski definition) is 0. The van der Waals surface area contributed by atoms with Gasteiger partial charge in [-0.25, -0.2) is 0 Å². The molecule has 1 aliphatic heterocycles. The summed E-state index contributed by atoms with van der Waals surface area (Å²) in [6, 6.07) is 25.2. The zero-order valence-corrected chi connectivity index (χ0v) is 14.0. The van der Waals surface area contributed by atoms with Gasteiger partial charge < -0.3 is 9.47 Å². The van der Waals surface area contributed by atoms with Crippen LogP contribution in [0.3, 0.4) is 0 Å². The second kappa shape index (κ2) is 7.12. The smallest absolute Gasteiger partial charge is 0.138 e. The van der Waals surface area contributed by atoms with E-state index >= 15 is 0 Å². The lowest BCUT2D eigenvalue weighted by atomic mass is 9.95. The van der Waals surface area contributed by atoms with Gasteiger partial charge in [-0.1, -0.05) is 48.5 Å². The van der Waals surface area contributed by atoms with Crippen LogP contribution in [0.2, 0.25) is 0 Å². The van der Waals surface area contributed by atoms with Crippen molar-refractivity contribution in [1.29, 1.82) is 0 Å². The maximum absolute atomic E-state index is 7.15. The van der Waals surface area contributed by atoms with Gasteiger partial charge in [-0.05, 0) is 35.9 Å². The normalized spacial score (nSPS) is 17.0. The van der Waals surface area contributed by atoms with Gasteiger partial charge in [0.2, 0.25) is 0 Å². The van der Waals surface area contributed by atoms with Crippen molar-refractivity contribution in [2.75, 3.05) is 0 Å². The van der Waals surface area contributed by atoms with E-state index in [0.717, 1.165) is 16.9 Å². The third-order valence-electron chi connectivity index (χ3n) is 4.23. The monoisotopic (exact) mass is 340 g/mol. The van der Waals surface area contributed by atoms with E-state index in [4.69, 9.17) is 16.0 Å². The number of para-hydroxylation sites is 1. The third kappa shape index (κ3) is 3.28. The van der Waals surface area contributed by atoms with Crippen molar-refractivity contribution in [3.63, 3.8) is 0 Å². The van der Waals surface area contributed by atoms with E-state index < -0.39 is 0 Å². The van der Waals surface area contributed by atoms with E-state index in [-0.39, 0.29) is 6.10 Å². The highest BCUT2D eigenvalue weighted by Gasteiger charge is 2.28. The molecular formula is C22H16N2O2. The van der Waals surface area contributed by atoms with Gasteiger partial charge in [0.05, 0.1) is 5.10 Å². The molecule has 3 aromatic carbocycles. The van der Waals surface area contributed by atoms with Gasteiger partial charge >= 0.3 is 0 Å². The molecular weight excluding hydrogens is 324 g/mol. The highest BCUT2D eigenvalue weighted by molar-refractivity contribution is 6.04. The Balaban J connectivity index is 1.67. The summed E-state index contributed by atoms with van der Waals surface area (Å²) in [6.07, 6.45) is 0.402. The molecule has 0 aliphatic carbocycles. The first-order valence-electron chi connectivity index (χ1n) is 8.36. The first-order chi connectivity index (χ1) is 12.8. The van der Waals surface area contributed by atoms with Gasteiger partial charge in [0.25, 0.3) is 0 Å². The SMILES string of the molecule is [C-]#[N+]N=C1CC(c2ccccc2)Oc2ccc(Oc3ccccc3)cc21. The van der Waals surface area contributed by atoms with Crippen LogP contribution in [0.1, 0.15) is 23.7 Å². The summed E-state index contributed by atoms with van der Waals surface area (Å²) in [6.45, 7) is 7.15. The van der Waals surface area contributed by atoms with E-state index in [2.05, 4.69) is 10.1 Å². The highest BCUT2D eigenvalue weighted by Crippen LogP contribution is 2.38. The Hall–Kier alpha value is -3.58. The molecule has 4 heteroatoms. The molecule has 1 aliphatic rings. The number of hydrogen-bond acceptors (Lipinski definition) is 3. The van der Waals surface area contributed by atoms with Crippen molar-refractivity contribution in [1.82, 2.24) is 0 Å². The first kappa shape index (κ1) is 15.9. The quantitative estimate of drug-likeness (QED) is 0.458. The molecule has 26 heavy (non-hydrogen) atoms. The van der Waals surface area contributed by atoms with E-state index in [1.807, 2.05) is 78.9 Å². The molecule has 0 N–H and O–H groups in total. The number of nitrogens with zero attached hydrogens (tertiary/aromatic N) is 2. The Morgan fingerprint density at radius 2 is 1.65 bits per heavy atom. The molecule has 0 radical (unpaired) electrons. The van der Waals surface area contributed by atoms with Gasteiger partial charge in [0.15, 0.2) is 0 Å². The minimum atomic E-state index is -0.148. The molecule has 1 unspecified atom stereocenters. The molecule has 0 bridgehead atoms. The number of rotatable bonds is 3. The van der Waals surface area contributed by atoms with Crippen LogP contribution < -0.4 is 9.47 Å². The molecule has 1 heterocycles. The average Bonchev–Trinajstić information content (AvgIpc) is 2.70. The van der Waals surface area contributed by atoms with Crippen molar-refractivity contribution in [3.05, 3.63) is 102 Å². The fraction of sp³-hybridized carbons (Fsp3) is 0.0909. The largest absolute Gasteiger partial charge is 0.485 e. The lowest BCUT2D eigenvalue weighted by Crippen LogP contribution is -2.20. The molecule has 4 rings (SSSR count).